The van der Waals surface area contributed by atoms with E-state index in [1.165, 1.54) is 6.08 Å². The molecule has 7 heavy (non-hydrogen) atoms. The van der Waals surface area contributed by atoms with E-state index in [4.69, 9.17) is 5.11 Å². The molecule has 1 aliphatic rings. The molecule has 0 amide bonds. The monoisotopic (exact) mass is 102 g/mol. The largest absolute Gasteiger partial charge is 0.390 e. The van der Waals surface area contributed by atoms with Crippen molar-refractivity contribution in [1.82, 2.24) is 0 Å². The molecule has 1 rings (SSSR count). The van der Waals surface area contributed by atoms with Crippen LogP contribution in [0, 0.1) is 0 Å². The van der Waals surface area contributed by atoms with Gasteiger partial charge in [0.15, 0.2) is 0 Å². The highest BCUT2D eigenvalue weighted by molar-refractivity contribution is 4.92. The molecular weight excluding hydrogens is 96.0 g/mol. The van der Waals surface area contributed by atoms with Gasteiger partial charge in [-0.05, 0) is 6.08 Å². The minimum atomic E-state index is -0.847. The summed E-state index contributed by atoms with van der Waals surface area (Å²) in [5.41, 5.74) is 0. The third kappa shape index (κ3) is 0.653. The average Bonchev–Trinajstić information content (AvgIpc) is 2.46. The zero-order valence-electron chi connectivity index (χ0n) is 3.76. The quantitative estimate of drug-likeness (QED) is 0.299. The van der Waals surface area contributed by atoms with E-state index < -0.39 is 5.79 Å². The Morgan fingerprint density at radius 2 is 2.29 bits per heavy atom. The first kappa shape index (κ1) is 4.77. The predicted octanol–water partition coefficient (Wildman–Crippen LogP) is -0.177. The van der Waals surface area contributed by atoms with Crippen molar-refractivity contribution in [1.29, 1.82) is 0 Å². The third-order valence-corrected chi connectivity index (χ3v) is 0.829. The van der Waals surface area contributed by atoms with Crippen molar-refractivity contribution in [2.45, 2.75) is 5.79 Å². The molecule has 0 radical (unpaired) electrons. The topological polar surface area (TPSA) is 45.3 Å². The summed E-state index contributed by atoms with van der Waals surface area (Å²) in [6.07, 6.45) is 1.41. The standard InChI is InChI=1S/C4H6O3/c1-2-4(3-5)6-7-4/h2,5H,1,3H2. The molecule has 0 spiro atoms. The second kappa shape index (κ2) is 1.30. The highest BCUT2D eigenvalue weighted by atomic mass is 17.4. The molecule has 1 N–H and O–H groups in total. The van der Waals surface area contributed by atoms with Crippen LogP contribution in [0.4, 0.5) is 0 Å². The van der Waals surface area contributed by atoms with Crippen LogP contribution in [0.5, 0.6) is 0 Å². The molecule has 0 aromatic carbocycles. The molecule has 1 heterocycles. The Bertz CT molecular complexity index is 84.9. The lowest BCUT2D eigenvalue weighted by Crippen LogP contribution is -2.10. The molecule has 0 aromatic rings. The third-order valence-electron chi connectivity index (χ3n) is 0.829. The lowest BCUT2D eigenvalue weighted by Gasteiger charge is -1.87. The molecule has 0 bridgehead atoms. The molecule has 0 aromatic heterocycles. The van der Waals surface area contributed by atoms with Gasteiger partial charge >= 0.3 is 0 Å². The highest BCUT2D eigenvalue weighted by Crippen LogP contribution is 2.28. The number of hydrogen-bond acceptors (Lipinski definition) is 3. The first-order chi connectivity index (χ1) is 3.33. The van der Waals surface area contributed by atoms with Crippen LogP contribution in [0.25, 0.3) is 0 Å². The smallest absolute Gasteiger partial charge is 0.274 e. The molecule has 3 nitrogen and oxygen atoms in total. The Hall–Kier alpha value is -0.380. The zero-order chi connectivity index (χ0) is 5.33. The van der Waals surface area contributed by atoms with Crippen LogP contribution in [0.2, 0.25) is 0 Å². The molecule has 0 unspecified atom stereocenters. The molecule has 0 aliphatic carbocycles. The molecule has 1 aliphatic heterocycles. The van der Waals surface area contributed by atoms with Crippen molar-refractivity contribution < 1.29 is 14.9 Å². The SMILES string of the molecule is C=CC1(CO)OO1. The van der Waals surface area contributed by atoms with E-state index in [0.29, 0.717) is 0 Å². The summed E-state index contributed by atoms with van der Waals surface area (Å²) in [5, 5.41) is 8.34. The maximum Gasteiger partial charge on any atom is 0.274 e. The second-order valence-electron chi connectivity index (χ2n) is 1.34. The minimum Gasteiger partial charge on any atom is -0.390 e. The summed E-state index contributed by atoms with van der Waals surface area (Å²) in [7, 11) is 0. The Morgan fingerprint density at radius 1 is 1.71 bits per heavy atom. The fourth-order valence-electron chi connectivity index (χ4n) is 0.239. The fraction of sp³-hybridized carbons (Fsp3) is 0.500. The van der Waals surface area contributed by atoms with Gasteiger partial charge in [0.25, 0.3) is 5.79 Å². The van der Waals surface area contributed by atoms with Crippen molar-refractivity contribution >= 4 is 0 Å². The average molecular weight is 102 g/mol. The number of rotatable bonds is 2. The van der Waals surface area contributed by atoms with Crippen LogP contribution in [0.15, 0.2) is 12.7 Å². The Morgan fingerprint density at radius 3 is 2.29 bits per heavy atom. The van der Waals surface area contributed by atoms with E-state index in [0.717, 1.165) is 0 Å². The number of aliphatic hydroxyl groups is 1. The minimum absolute atomic E-state index is 0.156. The lowest BCUT2D eigenvalue weighted by atomic mass is 10.3. The summed E-state index contributed by atoms with van der Waals surface area (Å²) in [5.74, 6) is -0.847. The molecule has 1 fully saturated rings. The van der Waals surface area contributed by atoms with Crippen LogP contribution in [-0.4, -0.2) is 17.5 Å². The summed E-state index contributed by atoms with van der Waals surface area (Å²) < 4.78 is 0. The normalized spacial score (nSPS) is 24.1. The fourth-order valence-corrected chi connectivity index (χ4v) is 0.239. The lowest BCUT2D eigenvalue weighted by molar-refractivity contribution is 0.0850. The Kier molecular flexibility index (Phi) is 0.883. The van der Waals surface area contributed by atoms with Gasteiger partial charge in [0.05, 0.1) is 0 Å². The van der Waals surface area contributed by atoms with E-state index in [1.54, 1.807) is 0 Å². The van der Waals surface area contributed by atoms with Crippen molar-refractivity contribution in [3.63, 3.8) is 0 Å². The van der Waals surface area contributed by atoms with Crippen LogP contribution >= 0.6 is 0 Å². The first-order valence-corrected chi connectivity index (χ1v) is 1.94. The molecule has 0 saturated carbocycles. The molecule has 0 atom stereocenters. The molecule has 3 heteroatoms. The zero-order valence-corrected chi connectivity index (χ0v) is 3.76. The van der Waals surface area contributed by atoms with Gasteiger partial charge in [0.2, 0.25) is 0 Å². The maximum atomic E-state index is 8.34. The van der Waals surface area contributed by atoms with Gasteiger partial charge < -0.3 is 5.11 Å². The summed E-state index contributed by atoms with van der Waals surface area (Å²) in [6.45, 7) is 3.20. The van der Waals surface area contributed by atoms with Gasteiger partial charge in [-0.25, -0.2) is 0 Å². The van der Waals surface area contributed by atoms with Crippen molar-refractivity contribution in [3.8, 4) is 0 Å². The van der Waals surface area contributed by atoms with Gasteiger partial charge in [-0.2, -0.15) is 9.78 Å². The van der Waals surface area contributed by atoms with E-state index >= 15 is 0 Å². The van der Waals surface area contributed by atoms with Crippen molar-refractivity contribution in [3.05, 3.63) is 12.7 Å². The van der Waals surface area contributed by atoms with Gasteiger partial charge in [-0.3, -0.25) is 0 Å². The van der Waals surface area contributed by atoms with Crippen molar-refractivity contribution in [2.24, 2.45) is 0 Å². The van der Waals surface area contributed by atoms with E-state index in [1.807, 2.05) is 0 Å². The number of aliphatic hydroxyl groups excluding tert-OH is 1. The second-order valence-corrected chi connectivity index (χ2v) is 1.34. The molecule has 1 saturated heterocycles. The van der Waals surface area contributed by atoms with Gasteiger partial charge in [-0.1, -0.05) is 6.58 Å². The Balaban J connectivity index is 2.42. The first-order valence-electron chi connectivity index (χ1n) is 1.94. The van der Waals surface area contributed by atoms with Crippen LogP contribution in [0.1, 0.15) is 0 Å². The van der Waals surface area contributed by atoms with Gasteiger partial charge in [-0.15, -0.1) is 0 Å². The van der Waals surface area contributed by atoms with Crippen LogP contribution in [0.3, 0.4) is 0 Å². The van der Waals surface area contributed by atoms with E-state index in [9.17, 15) is 0 Å². The summed E-state index contributed by atoms with van der Waals surface area (Å²) in [4.78, 5) is 8.65. The summed E-state index contributed by atoms with van der Waals surface area (Å²) >= 11 is 0. The number of hydrogen-bond donors (Lipinski definition) is 1. The van der Waals surface area contributed by atoms with E-state index in [-0.39, 0.29) is 6.61 Å². The highest BCUT2D eigenvalue weighted by Gasteiger charge is 2.45. The van der Waals surface area contributed by atoms with Gasteiger partial charge in [0.1, 0.15) is 6.61 Å². The van der Waals surface area contributed by atoms with Gasteiger partial charge in [0, 0.05) is 0 Å². The van der Waals surface area contributed by atoms with Crippen LogP contribution in [-0.2, 0) is 9.78 Å². The van der Waals surface area contributed by atoms with Crippen LogP contribution < -0.4 is 0 Å². The predicted molar refractivity (Wildman–Crippen MR) is 22.2 cm³/mol. The molecule has 40 valence electrons. The maximum absolute atomic E-state index is 8.34. The summed E-state index contributed by atoms with van der Waals surface area (Å²) in [6, 6.07) is 0. The van der Waals surface area contributed by atoms with E-state index in [2.05, 4.69) is 16.4 Å². The Labute approximate surface area is 41.1 Å². The van der Waals surface area contributed by atoms with Crippen molar-refractivity contribution in [2.75, 3.05) is 6.61 Å². The molecular formula is C4H6O3.